The molecule has 1 heterocycles. The number of carbonyl (C=O) groups is 1. The monoisotopic (exact) mass is 229 g/mol. The highest BCUT2D eigenvalue weighted by Gasteiger charge is 2.27. The number of nitrogens with zero attached hydrogens (tertiary/aromatic N) is 1. The highest BCUT2D eigenvalue weighted by Crippen LogP contribution is 2.31. The molecule has 1 aromatic rings. The first-order chi connectivity index (χ1) is 8.20. The van der Waals surface area contributed by atoms with Crippen LogP contribution in [0.5, 0.6) is 0 Å². The second-order valence-corrected chi connectivity index (χ2v) is 4.70. The van der Waals surface area contributed by atoms with Crippen molar-refractivity contribution in [2.24, 2.45) is 0 Å². The molecule has 1 aliphatic heterocycles. The summed E-state index contributed by atoms with van der Waals surface area (Å²) in [5, 5.41) is 0. The maximum atomic E-state index is 12.1. The first-order valence-corrected chi connectivity index (χ1v) is 6.21. The van der Waals surface area contributed by atoms with Crippen LogP contribution in [0.2, 0.25) is 0 Å². The SMILES string of the molecule is C=C(C)C(=O)N1CCCCC1c1ccccc1. The molecular weight excluding hydrogens is 210 g/mol. The third kappa shape index (κ3) is 2.57. The van der Waals surface area contributed by atoms with E-state index in [1.165, 1.54) is 12.0 Å². The Morgan fingerprint density at radius 3 is 2.65 bits per heavy atom. The van der Waals surface area contributed by atoms with Gasteiger partial charge >= 0.3 is 0 Å². The fraction of sp³-hybridized carbons (Fsp3) is 0.400. The normalized spacial score (nSPS) is 20.1. The van der Waals surface area contributed by atoms with Crippen molar-refractivity contribution in [3.63, 3.8) is 0 Å². The fourth-order valence-electron chi connectivity index (χ4n) is 2.44. The van der Waals surface area contributed by atoms with E-state index in [4.69, 9.17) is 0 Å². The van der Waals surface area contributed by atoms with Gasteiger partial charge in [-0.1, -0.05) is 36.9 Å². The summed E-state index contributed by atoms with van der Waals surface area (Å²) in [4.78, 5) is 14.1. The zero-order valence-electron chi connectivity index (χ0n) is 10.4. The average molecular weight is 229 g/mol. The molecule has 0 radical (unpaired) electrons. The molecule has 0 saturated carbocycles. The number of amides is 1. The summed E-state index contributed by atoms with van der Waals surface area (Å²) in [6, 6.07) is 10.5. The second kappa shape index (κ2) is 5.17. The lowest BCUT2D eigenvalue weighted by Gasteiger charge is -2.36. The summed E-state index contributed by atoms with van der Waals surface area (Å²) >= 11 is 0. The fourth-order valence-corrected chi connectivity index (χ4v) is 2.44. The molecule has 17 heavy (non-hydrogen) atoms. The molecule has 1 atom stereocenters. The Balaban J connectivity index is 2.24. The molecule has 2 heteroatoms. The quantitative estimate of drug-likeness (QED) is 0.712. The number of carbonyl (C=O) groups excluding carboxylic acids is 1. The minimum absolute atomic E-state index is 0.0959. The maximum Gasteiger partial charge on any atom is 0.249 e. The van der Waals surface area contributed by atoms with Gasteiger partial charge < -0.3 is 4.90 Å². The van der Waals surface area contributed by atoms with Crippen LogP contribution in [0.3, 0.4) is 0 Å². The standard InChI is InChI=1S/C15H19NO/c1-12(2)15(17)16-11-7-6-10-14(16)13-8-4-3-5-9-13/h3-5,8-9,14H,1,6-7,10-11H2,2H3. The van der Waals surface area contributed by atoms with Crippen molar-refractivity contribution >= 4 is 5.91 Å². The summed E-state index contributed by atoms with van der Waals surface area (Å²) in [5.74, 6) is 0.0959. The molecule has 90 valence electrons. The van der Waals surface area contributed by atoms with Crippen LogP contribution in [0.25, 0.3) is 0 Å². The van der Waals surface area contributed by atoms with Crippen molar-refractivity contribution < 1.29 is 4.79 Å². The highest BCUT2D eigenvalue weighted by atomic mass is 16.2. The van der Waals surface area contributed by atoms with Crippen LogP contribution in [0.4, 0.5) is 0 Å². The predicted octanol–water partition coefficient (Wildman–Crippen LogP) is 3.32. The molecule has 2 rings (SSSR count). The molecule has 1 aromatic carbocycles. The molecule has 0 N–H and O–H groups in total. The largest absolute Gasteiger partial charge is 0.332 e. The van der Waals surface area contributed by atoms with Gasteiger partial charge in [-0.3, -0.25) is 4.79 Å². The van der Waals surface area contributed by atoms with E-state index in [0.717, 1.165) is 19.4 Å². The zero-order chi connectivity index (χ0) is 12.3. The Bertz CT molecular complexity index is 410. The van der Waals surface area contributed by atoms with Crippen molar-refractivity contribution in [2.75, 3.05) is 6.54 Å². The lowest BCUT2D eigenvalue weighted by atomic mass is 9.94. The van der Waals surface area contributed by atoms with Crippen LogP contribution in [-0.2, 0) is 4.79 Å². The predicted molar refractivity (Wildman–Crippen MR) is 69.6 cm³/mol. The van der Waals surface area contributed by atoms with Crippen molar-refractivity contribution in [2.45, 2.75) is 32.2 Å². The van der Waals surface area contributed by atoms with Gasteiger partial charge in [0.1, 0.15) is 0 Å². The van der Waals surface area contributed by atoms with E-state index in [2.05, 4.69) is 18.7 Å². The van der Waals surface area contributed by atoms with Crippen LogP contribution in [-0.4, -0.2) is 17.4 Å². The number of hydrogen-bond acceptors (Lipinski definition) is 1. The summed E-state index contributed by atoms with van der Waals surface area (Å²) in [7, 11) is 0. The summed E-state index contributed by atoms with van der Waals surface area (Å²) in [5.41, 5.74) is 1.87. The molecule has 1 unspecified atom stereocenters. The minimum Gasteiger partial charge on any atom is -0.332 e. The van der Waals surface area contributed by atoms with Crippen LogP contribution in [0.15, 0.2) is 42.5 Å². The molecule has 0 bridgehead atoms. The first kappa shape index (κ1) is 11.9. The van der Waals surface area contributed by atoms with Gasteiger partial charge in [0.25, 0.3) is 0 Å². The van der Waals surface area contributed by atoms with Crippen LogP contribution in [0.1, 0.15) is 37.8 Å². The van der Waals surface area contributed by atoms with Crippen molar-refractivity contribution in [1.29, 1.82) is 0 Å². The Morgan fingerprint density at radius 1 is 1.29 bits per heavy atom. The molecule has 0 aliphatic carbocycles. The maximum absolute atomic E-state index is 12.1. The Morgan fingerprint density at radius 2 is 2.00 bits per heavy atom. The van der Waals surface area contributed by atoms with Gasteiger partial charge in [-0.2, -0.15) is 0 Å². The summed E-state index contributed by atoms with van der Waals surface area (Å²) in [6.07, 6.45) is 3.35. The van der Waals surface area contributed by atoms with Crippen LogP contribution < -0.4 is 0 Å². The molecular formula is C15H19NO. The molecule has 1 aliphatic rings. The topological polar surface area (TPSA) is 20.3 Å². The first-order valence-electron chi connectivity index (χ1n) is 6.21. The number of benzene rings is 1. The van der Waals surface area contributed by atoms with E-state index in [1.54, 1.807) is 6.92 Å². The van der Waals surface area contributed by atoms with Crippen molar-refractivity contribution in [3.8, 4) is 0 Å². The van der Waals surface area contributed by atoms with Gasteiger partial charge in [-0.25, -0.2) is 0 Å². The van der Waals surface area contributed by atoms with E-state index in [0.29, 0.717) is 5.57 Å². The van der Waals surface area contributed by atoms with Gasteiger partial charge in [-0.05, 0) is 31.7 Å². The van der Waals surface area contributed by atoms with Crippen LogP contribution in [0, 0.1) is 0 Å². The van der Waals surface area contributed by atoms with Gasteiger partial charge in [0.05, 0.1) is 6.04 Å². The Labute approximate surface area is 103 Å². The second-order valence-electron chi connectivity index (χ2n) is 4.70. The molecule has 2 nitrogen and oxygen atoms in total. The molecule has 1 amide bonds. The smallest absolute Gasteiger partial charge is 0.249 e. The van der Waals surface area contributed by atoms with Gasteiger partial charge in [0.2, 0.25) is 5.91 Å². The number of likely N-dealkylation sites (tertiary alicyclic amines) is 1. The third-order valence-electron chi connectivity index (χ3n) is 3.31. The highest BCUT2D eigenvalue weighted by molar-refractivity contribution is 5.92. The molecule has 1 saturated heterocycles. The van der Waals surface area contributed by atoms with Gasteiger partial charge in [0, 0.05) is 12.1 Å². The minimum atomic E-state index is 0.0959. The van der Waals surface area contributed by atoms with E-state index >= 15 is 0 Å². The lowest BCUT2D eigenvalue weighted by Crippen LogP contribution is -2.38. The Hall–Kier alpha value is -1.57. The number of piperidine rings is 1. The van der Waals surface area contributed by atoms with E-state index in [-0.39, 0.29) is 11.9 Å². The summed E-state index contributed by atoms with van der Waals surface area (Å²) < 4.78 is 0. The number of hydrogen-bond donors (Lipinski definition) is 0. The van der Waals surface area contributed by atoms with E-state index < -0.39 is 0 Å². The zero-order valence-corrected chi connectivity index (χ0v) is 10.4. The third-order valence-corrected chi connectivity index (χ3v) is 3.31. The molecule has 0 spiro atoms. The molecule has 1 fully saturated rings. The summed E-state index contributed by atoms with van der Waals surface area (Å²) in [6.45, 7) is 6.41. The van der Waals surface area contributed by atoms with Gasteiger partial charge in [0.15, 0.2) is 0 Å². The van der Waals surface area contributed by atoms with Crippen LogP contribution >= 0.6 is 0 Å². The lowest BCUT2D eigenvalue weighted by molar-refractivity contribution is -0.130. The van der Waals surface area contributed by atoms with E-state index in [1.807, 2.05) is 23.1 Å². The Kier molecular flexibility index (Phi) is 3.62. The number of rotatable bonds is 2. The molecule has 0 aromatic heterocycles. The average Bonchev–Trinajstić information content (AvgIpc) is 2.39. The van der Waals surface area contributed by atoms with Gasteiger partial charge in [-0.15, -0.1) is 0 Å². The van der Waals surface area contributed by atoms with Crippen molar-refractivity contribution in [3.05, 3.63) is 48.0 Å². The van der Waals surface area contributed by atoms with Crippen molar-refractivity contribution in [1.82, 2.24) is 4.90 Å². The van der Waals surface area contributed by atoms with E-state index in [9.17, 15) is 4.79 Å².